The Kier molecular flexibility index (Phi) is 6.04. The molecule has 8 nitrogen and oxygen atoms in total. The van der Waals surface area contributed by atoms with Gasteiger partial charge in [0.15, 0.2) is 15.6 Å². The van der Waals surface area contributed by atoms with E-state index in [-0.39, 0.29) is 21.8 Å². The monoisotopic (exact) mass is 509 g/mol. The standard InChI is InChI=1S/C20H13Cl2N3O5S2/c21-12-2-3-14-15(8-12)24-20(28)25(19(14)27)17-5-1-11(9-23-17)7-13(26)10-32(29,30)18-6-4-16(22)31-18/h1-6,8-9H,7,10H2,(H,24,28). The van der Waals surface area contributed by atoms with E-state index in [1.54, 1.807) is 0 Å². The molecule has 0 unspecified atom stereocenters. The molecular weight excluding hydrogens is 497 g/mol. The number of aromatic nitrogens is 3. The predicted molar refractivity (Wildman–Crippen MR) is 123 cm³/mol. The maximum atomic E-state index is 12.7. The van der Waals surface area contributed by atoms with E-state index in [1.165, 1.54) is 48.7 Å². The van der Waals surface area contributed by atoms with Crippen LogP contribution in [-0.2, 0) is 21.1 Å². The van der Waals surface area contributed by atoms with Crippen molar-refractivity contribution in [3.63, 3.8) is 0 Å². The molecule has 0 aliphatic carbocycles. The number of nitrogens with one attached hydrogen (secondary N) is 1. The van der Waals surface area contributed by atoms with Crippen molar-refractivity contribution in [1.82, 2.24) is 14.5 Å². The van der Waals surface area contributed by atoms with Gasteiger partial charge in [-0.1, -0.05) is 29.3 Å². The molecule has 0 spiro atoms. The van der Waals surface area contributed by atoms with Gasteiger partial charge in [-0.15, -0.1) is 11.3 Å². The van der Waals surface area contributed by atoms with Gasteiger partial charge in [0.05, 0.1) is 15.2 Å². The number of halogens is 2. The molecule has 12 heteroatoms. The number of pyridine rings is 1. The van der Waals surface area contributed by atoms with Crippen LogP contribution in [0.1, 0.15) is 5.56 Å². The third kappa shape index (κ3) is 4.53. The molecule has 4 rings (SSSR count). The summed E-state index contributed by atoms with van der Waals surface area (Å²) in [6.45, 7) is 0. The SMILES string of the molecule is O=C(Cc1ccc(-n2c(=O)[nH]c3cc(Cl)ccc3c2=O)nc1)CS(=O)(=O)c1ccc(Cl)s1. The fourth-order valence-corrected chi connectivity index (χ4v) is 6.06. The molecule has 164 valence electrons. The lowest BCUT2D eigenvalue weighted by molar-refractivity contribution is -0.116. The highest BCUT2D eigenvalue weighted by atomic mass is 35.5. The summed E-state index contributed by atoms with van der Waals surface area (Å²) in [4.78, 5) is 44.1. The Morgan fingerprint density at radius 1 is 1.09 bits per heavy atom. The fraction of sp³-hybridized carbons (Fsp3) is 0.100. The number of hydrogen-bond donors (Lipinski definition) is 1. The summed E-state index contributed by atoms with van der Waals surface area (Å²) >= 11 is 12.6. The summed E-state index contributed by atoms with van der Waals surface area (Å²) in [6, 6.07) is 10.2. The number of carbonyl (C=O) groups excluding carboxylic acids is 1. The molecule has 0 saturated heterocycles. The second-order valence-corrected chi connectivity index (χ2v) is 11.2. The number of fused-ring (bicyclic) bond motifs is 1. The molecule has 0 aliphatic rings. The molecule has 1 aromatic carbocycles. The summed E-state index contributed by atoms with van der Waals surface area (Å²) in [6.07, 6.45) is 1.15. The first-order chi connectivity index (χ1) is 15.1. The Hall–Kier alpha value is -2.79. The number of benzene rings is 1. The topological polar surface area (TPSA) is 119 Å². The van der Waals surface area contributed by atoms with E-state index < -0.39 is 32.6 Å². The number of sulfone groups is 1. The molecule has 1 N–H and O–H groups in total. The van der Waals surface area contributed by atoms with Crippen LogP contribution in [0, 0.1) is 0 Å². The molecule has 0 amide bonds. The Morgan fingerprint density at radius 3 is 2.53 bits per heavy atom. The number of Topliss-reactive ketones (excluding diaryl/α,β-unsaturated/α-hetero) is 1. The first kappa shape index (κ1) is 22.4. The Bertz CT molecular complexity index is 1570. The number of rotatable bonds is 6. The Balaban J connectivity index is 1.56. The number of ketones is 1. The van der Waals surface area contributed by atoms with Gasteiger partial charge in [-0.3, -0.25) is 9.59 Å². The van der Waals surface area contributed by atoms with Crippen LogP contribution in [0.25, 0.3) is 16.7 Å². The highest BCUT2D eigenvalue weighted by Gasteiger charge is 2.21. The molecule has 0 fully saturated rings. The van der Waals surface area contributed by atoms with E-state index in [0.717, 1.165) is 15.9 Å². The number of aromatic amines is 1. The average Bonchev–Trinajstić information content (AvgIpc) is 3.16. The first-order valence-corrected chi connectivity index (χ1v) is 12.3. The molecule has 0 saturated carbocycles. The van der Waals surface area contributed by atoms with Crippen molar-refractivity contribution in [2.45, 2.75) is 10.6 Å². The minimum Gasteiger partial charge on any atom is -0.306 e. The quantitative estimate of drug-likeness (QED) is 0.426. The van der Waals surface area contributed by atoms with E-state index in [1.807, 2.05) is 0 Å². The maximum absolute atomic E-state index is 12.7. The third-order valence-electron chi connectivity index (χ3n) is 4.51. The minimum absolute atomic E-state index is 0.0283. The zero-order valence-electron chi connectivity index (χ0n) is 16.0. The molecule has 3 heterocycles. The largest absolute Gasteiger partial charge is 0.334 e. The van der Waals surface area contributed by atoms with E-state index in [4.69, 9.17) is 23.2 Å². The zero-order chi connectivity index (χ0) is 23.0. The summed E-state index contributed by atoms with van der Waals surface area (Å²) in [7, 11) is -3.78. The molecular formula is C20H13Cl2N3O5S2. The van der Waals surface area contributed by atoms with Gasteiger partial charge in [0, 0.05) is 17.6 Å². The van der Waals surface area contributed by atoms with Crippen LogP contribution < -0.4 is 11.2 Å². The summed E-state index contributed by atoms with van der Waals surface area (Å²) in [5.74, 6) is -1.13. The predicted octanol–water partition coefficient (Wildman–Crippen LogP) is 3.03. The van der Waals surface area contributed by atoms with E-state index in [2.05, 4.69) is 9.97 Å². The van der Waals surface area contributed by atoms with Crippen molar-refractivity contribution in [2.24, 2.45) is 0 Å². The molecule has 4 aromatic rings. The maximum Gasteiger partial charge on any atom is 0.334 e. The van der Waals surface area contributed by atoms with Gasteiger partial charge < -0.3 is 4.98 Å². The second-order valence-electron chi connectivity index (χ2n) is 6.82. The van der Waals surface area contributed by atoms with Crippen molar-refractivity contribution in [3.8, 4) is 5.82 Å². The second kappa shape index (κ2) is 8.62. The molecule has 0 aliphatic heterocycles. The van der Waals surface area contributed by atoms with Gasteiger partial charge in [-0.05, 0) is 42.0 Å². The van der Waals surface area contributed by atoms with Gasteiger partial charge in [0.1, 0.15) is 15.8 Å². The van der Waals surface area contributed by atoms with Crippen molar-refractivity contribution < 1.29 is 13.2 Å². The molecule has 0 radical (unpaired) electrons. The number of hydrogen-bond acceptors (Lipinski definition) is 7. The Labute approximate surface area is 195 Å². The highest BCUT2D eigenvalue weighted by Crippen LogP contribution is 2.26. The zero-order valence-corrected chi connectivity index (χ0v) is 19.2. The summed E-state index contributed by atoms with van der Waals surface area (Å²) in [5.41, 5.74) is -0.520. The minimum atomic E-state index is -3.78. The van der Waals surface area contributed by atoms with Crippen molar-refractivity contribution >= 4 is 61.1 Å². The number of carbonyl (C=O) groups is 1. The highest BCUT2D eigenvalue weighted by molar-refractivity contribution is 7.94. The lowest BCUT2D eigenvalue weighted by Gasteiger charge is -2.07. The molecule has 0 bridgehead atoms. The van der Waals surface area contributed by atoms with Gasteiger partial charge in [-0.25, -0.2) is 22.8 Å². The fourth-order valence-electron chi connectivity index (χ4n) is 3.08. The third-order valence-corrected chi connectivity index (χ3v) is 8.23. The normalized spacial score (nSPS) is 11.7. The molecule has 32 heavy (non-hydrogen) atoms. The molecule has 3 aromatic heterocycles. The van der Waals surface area contributed by atoms with Crippen LogP contribution in [0.3, 0.4) is 0 Å². The van der Waals surface area contributed by atoms with Crippen LogP contribution in [0.4, 0.5) is 0 Å². The lowest BCUT2D eigenvalue weighted by Crippen LogP contribution is -2.34. The van der Waals surface area contributed by atoms with Crippen molar-refractivity contribution in [1.29, 1.82) is 0 Å². The van der Waals surface area contributed by atoms with Gasteiger partial charge >= 0.3 is 5.69 Å². The van der Waals surface area contributed by atoms with Crippen LogP contribution in [0.2, 0.25) is 9.36 Å². The number of H-pyrrole nitrogens is 1. The van der Waals surface area contributed by atoms with Crippen molar-refractivity contribution in [3.05, 3.63) is 84.4 Å². The van der Waals surface area contributed by atoms with Crippen LogP contribution in [0.5, 0.6) is 0 Å². The van der Waals surface area contributed by atoms with Crippen LogP contribution in [-0.4, -0.2) is 34.5 Å². The number of thiophene rings is 1. The number of nitrogens with zero attached hydrogens (tertiary/aromatic N) is 2. The Morgan fingerprint density at radius 2 is 1.88 bits per heavy atom. The van der Waals surface area contributed by atoms with Crippen LogP contribution >= 0.6 is 34.5 Å². The smallest absolute Gasteiger partial charge is 0.306 e. The average molecular weight is 510 g/mol. The molecule has 0 atom stereocenters. The summed E-state index contributed by atoms with van der Waals surface area (Å²) < 4.78 is 25.9. The van der Waals surface area contributed by atoms with Crippen molar-refractivity contribution in [2.75, 3.05) is 5.75 Å². The van der Waals surface area contributed by atoms with E-state index in [0.29, 0.717) is 20.4 Å². The first-order valence-electron chi connectivity index (χ1n) is 9.04. The summed E-state index contributed by atoms with van der Waals surface area (Å²) in [5, 5.41) is 0.635. The van der Waals surface area contributed by atoms with E-state index >= 15 is 0 Å². The van der Waals surface area contributed by atoms with Gasteiger partial charge in [-0.2, -0.15) is 0 Å². The lowest BCUT2D eigenvalue weighted by atomic mass is 10.1. The van der Waals surface area contributed by atoms with Gasteiger partial charge in [0.2, 0.25) is 0 Å². The van der Waals surface area contributed by atoms with Crippen LogP contribution in [0.15, 0.2) is 62.5 Å². The van der Waals surface area contributed by atoms with E-state index in [9.17, 15) is 22.8 Å². The van der Waals surface area contributed by atoms with Gasteiger partial charge in [0.25, 0.3) is 5.56 Å².